The first kappa shape index (κ1) is 39.9. The van der Waals surface area contributed by atoms with Crippen LogP contribution in [0.5, 0.6) is 0 Å². The third-order valence-electron chi connectivity index (χ3n) is 10.1. The Balaban J connectivity index is 0.000000198. The van der Waals surface area contributed by atoms with Gasteiger partial charge in [0.1, 0.15) is 18.8 Å². The van der Waals surface area contributed by atoms with Gasteiger partial charge in [0.25, 0.3) is 0 Å². The highest BCUT2D eigenvalue weighted by Gasteiger charge is 2.26. The van der Waals surface area contributed by atoms with Gasteiger partial charge in [0.15, 0.2) is 6.29 Å². The van der Waals surface area contributed by atoms with E-state index in [1.807, 2.05) is 6.92 Å². The molecule has 262 valence electrons. The Morgan fingerprint density at radius 2 is 0.886 bits per heavy atom. The van der Waals surface area contributed by atoms with E-state index in [0.29, 0.717) is 19.3 Å². The van der Waals surface area contributed by atoms with Crippen LogP contribution in [-0.4, -0.2) is 84.6 Å². The maximum Gasteiger partial charge on any atom is 0.181 e. The fraction of sp³-hybridized carbons (Fsp3) is 1.00. The van der Waals surface area contributed by atoms with E-state index in [-0.39, 0.29) is 6.29 Å². The monoisotopic (exact) mass is 629 g/mol. The van der Waals surface area contributed by atoms with Crippen LogP contribution in [0.15, 0.2) is 0 Å². The number of aliphatic hydroxyl groups excluding tert-OH is 1. The van der Waals surface area contributed by atoms with Gasteiger partial charge in [0, 0.05) is 27.9 Å². The summed E-state index contributed by atoms with van der Waals surface area (Å²) in [7, 11) is 4.76. The molecule has 6 aliphatic rings. The van der Waals surface area contributed by atoms with Crippen molar-refractivity contribution in [2.75, 3.05) is 61.0 Å². The molecule has 4 saturated carbocycles. The minimum Gasteiger partial charge on any atom is -0.388 e. The molecule has 2 heterocycles. The summed E-state index contributed by atoms with van der Waals surface area (Å²) in [6.07, 6.45) is 30.9. The number of hydrogen-bond donors (Lipinski definition) is 1. The molecule has 2 aliphatic heterocycles. The second-order valence-corrected chi connectivity index (χ2v) is 13.8. The van der Waals surface area contributed by atoms with Crippen LogP contribution in [-0.2, 0) is 28.4 Å². The van der Waals surface area contributed by atoms with Crippen molar-refractivity contribution < 1.29 is 33.5 Å². The molecule has 6 fully saturated rings. The Morgan fingerprint density at radius 1 is 0.545 bits per heavy atom. The molecule has 7 heteroatoms. The Morgan fingerprint density at radius 3 is 1.07 bits per heavy atom. The summed E-state index contributed by atoms with van der Waals surface area (Å²) in [6.45, 7) is 5.87. The molecular weight excluding hydrogens is 556 g/mol. The van der Waals surface area contributed by atoms with E-state index >= 15 is 0 Å². The molecule has 1 N–H and O–H groups in total. The van der Waals surface area contributed by atoms with Crippen LogP contribution in [0.2, 0.25) is 0 Å². The molecule has 0 aromatic heterocycles. The van der Waals surface area contributed by atoms with Crippen LogP contribution in [0.25, 0.3) is 0 Å². The molecule has 2 unspecified atom stereocenters. The van der Waals surface area contributed by atoms with Crippen molar-refractivity contribution in [3.05, 3.63) is 0 Å². The van der Waals surface area contributed by atoms with Gasteiger partial charge in [-0.25, -0.2) is 0 Å². The van der Waals surface area contributed by atoms with Crippen LogP contribution in [0, 0.1) is 23.7 Å². The average Bonchev–Trinajstić information content (AvgIpc) is 4.03. The summed E-state index contributed by atoms with van der Waals surface area (Å²) in [4.78, 5) is 0. The van der Waals surface area contributed by atoms with Gasteiger partial charge in [-0.1, -0.05) is 128 Å². The lowest BCUT2D eigenvalue weighted by Crippen LogP contribution is -2.20. The molecule has 0 amide bonds. The van der Waals surface area contributed by atoms with Crippen molar-refractivity contribution in [3.63, 3.8) is 0 Å². The van der Waals surface area contributed by atoms with E-state index < -0.39 is 6.10 Å². The van der Waals surface area contributed by atoms with E-state index in [9.17, 15) is 0 Å². The highest BCUT2D eigenvalue weighted by Crippen LogP contribution is 2.39. The van der Waals surface area contributed by atoms with Gasteiger partial charge in [0.05, 0.1) is 26.4 Å². The number of epoxide rings is 2. The highest BCUT2D eigenvalue weighted by atomic mass is 16.8. The maximum absolute atomic E-state index is 8.80. The van der Waals surface area contributed by atoms with Crippen molar-refractivity contribution in [2.24, 2.45) is 23.7 Å². The van der Waals surface area contributed by atoms with Gasteiger partial charge in [-0.05, 0) is 30.6 Å². The summed E-state index contributed by atoms with van der Waals surface area (Å²) >= 11 is 0. The smallest absolute Gasteiger partial charge is 0.181 e. The predicted octanol–water partition coefficient (Wildman–Crippen LogP) is 8.34. The van der Waals surface area contributed by atoms with E-state index in [4.69, 9.17) is 24.1 Å². The SMILES string of the molecule is C1CCC(C2CCCCC2)CC1.C1CCC(C2CCCCC2)CC1.CCOC1CO1.COCC(O)COC.COCC1CO1. The van der Waals surface area contributed by atoms with Crippen molar-refractivity contribution in [2.45, 2.75) is 154 Å². The molecule has 0 aromatic rings. The summed E-state index contributed by atoms with van der Waals surface area (Å²) < 4.78 is 28.5. The van der Waals surface area contributed by atoms with Gasteiger partial charge in [-0.2, -0.15) is 0 Å². The average molecular weight is 629 g/mol. The third-order valence-corrected chi connectivity index (χ3v) is 10.1. The lowest BCUT2D eigenvalue weighted by molar-refractivity contribution is 0.00980. The summed E-state index contributed by atoms with van der Waals surface area (Å²) in [6, 6.07) is 0. The van der Waals surface area contributed by atoms with Crippen molar-refractivity contribution >= 4 is 0 Å². The Kier molecular flexibility index (Phi) is 24.3. The zero-order chi connectivity index (χ0) is 31.7. The van der Waals surface area contributed by atoms with Gasteiger partial charge >= 0.3 is 0 Å². The number of rotatable bonds is 10. The number of aliphatic hydroxyl groups is 1. The number of ether oxygens (including phenoxy) is 6. The zero-order valence-electron chi connectivity index (χ0n) is 29.3. The molecule has 2 saturated heterocycles. The normalized spacial score (nSPS) is 26.0. The first-order chi connectivity index (χ1) is 21.6. The minimum atomic E-state index is -0.481. The van der Waals surface area contributed by atoms with Gasteiger partial charge in [-0.3, -0.25) is 0 Å². The lowest BCUT2D eigenvalue weighted by Gasteiger charge is -2.32. The topological polar surface area (TPSA) is 82.2 Å². The number of methoxy groups -OCH3 is 3. The first-order valence-electron chi connectivity index (χ1n) is 18.6. The number of hydrogen-bond acceptors (Lipinski definition) is 7. The van der Waals surface area contributed by atoms with Crippen molar-refractivity contribution in [1.82, 2.24) is 0 Å². The largest absolute Gasteiger partial charge is 0.388 e. The molecule has 2 atom stereocenters. The van der Waals surface area contributed by atoms with Gasteiger partial charge in [-0.15, -0.1) is 0 Å². The second-order valence-electron chi connectivity index (χ2n) is 13.8. The van der Waals surface area contributed by atoms with Gasteiger partial charge < -0.3 is 33.5 Å². The van der Waals surface area contributed by atoms with Crippen LogP contribution in [0.1, 0.15) is 135 Å². The summed E-state index contributed by atoms with van der Waals surface area (Å²) in [5.74, 6) is 4.55. The molecule has 6 rings (SSSR count). The standard InChI is InChI=1S/2C12H22.C5H12O3.2C4H8O2/c2*1-3-7-11(8-4-1)12-9-5-2-6-10-12;1-7-3-5(6)4-8-2;1-5-2-4-3-6-4;1-2-5-4-3-6-4/h2*11-12H,1-10H2;5-6H,3-4H2,1-2H3;2*4H,2-3H2,1H3. The van der Waals surface area contributed by atoms with E-state index in [0.717, 1.165) is 50.1 Å². The lowest BCUT2D eigenvalue weighted by atomic mass is 9.73. The molecular formula is C37H72O7. The summed E-state index contributed by atoms with van der Waals surface area (Å²) in [5.41, 5.74) is 0. The quantitative estimate of drug-likeness (QED) is 0.244. The highest BCUT2D eigenvalue weighted by molar-refractivity contribution is 4.77. The van der Waals surface area contributed by atoms with Gasteiger partial charge in [0.2, 0.25) is 0 Å². The van der Waals surface area contributed by atoms with Crippen LogP contribution < -0.4 is 0 Å². The third kappa shape index (κ3) is 20.8. The zero-order valence-corrected chi connectivity index (χ0v) is 29.3. The van der Waals surface area contributed by atoms with E-state index in [2.05, 4.69) is 9.47 Å². The first-order valence-corrected chi connectivity index (χ1v) is 18.6. The molecule has 44 heavy (non-hydrogen) atoms. The summed E-state index contributed by atoms with van der Waals surface area (Å²) in [5, 5.41) is 8.80. The van der Waals surface area contributed by atoms with Crippen LogP contribution in [0.3, 0.4) is 0 Å². The molecule has 0 radical (unpaired) electrons. The molecule has 0 spiro atoms. The minimum absolute atomic E-state index is 0.148. The second kappa shape index (κ2) is 26.8. The fourth-order valence-electron chi connectivity index (χ4n) is 7.53. The van der Waals surface area contributed by atoms with Crippen LogP contribution in [0.4, 0.5) is 0 Å². The fourth-order valence-corrected chi connectivity index (χ4v) is 7.53. The van der Waals surface area contributed by atoms with Crippen molar-refractivity contribution in [1.29, 1.82) is 0 Å². The molecule has 7 nitrogen and oxygen atoms in total. The van der Waals surface area contributed by atoms with E-state index in [1.165, 1.54) is 77.0 Å². The Bertz CT molecular complexity index is 519. The van der Waals surface area contributed by atoms with Crippen molar-refractivity contribution in [3.8, 4) is 0 Å². The molecule has 4 aliphatic carbocycles. The van der Waals surface area contributed by atoms with E-state index in [1.54, 1.807) is 72.7 Å². The van der Waals surface area contributed by atoms with Crippen LogP contribution >= 0.6 is 0 Å². The molecule has 0 aromatic carbocycles. The predicted molar refractivity (Wildman–Crippen MR) is 179 cm³/mol. The molecule has 0 bridgehead atoms. The maximum atomic E-state index is 8.80. The Hall–Kier alpha value is -0.280. The Labute approximate surface area is 271 Å².